The normalized spacial score (nSPS) is 11.0. The summed E-state index contributed by atoms with van der Waals surface area (Å²) in [6.07, 6.45) is 6.44. The number of hydrogen-bond acceptors (Lipinski definition) is 4. The highest BCUT2D eigenvalue weighted by atomic mass is 16.5. The smallest absolute Gasteiger partial charge is 0.186 e. The number of hydrogen-bond donors (Lipinski definition) is 0. The summed E-state index contributed by atoms with van der Waals surface area (Å²) >= 11 is 0. The van der Waals surface area contributed by atoms with E-state index in [9.17, 15) is 4.79 Å². The van der Waals surface area contributed by atoms with Crippen molar-refractivity contribution in [2.24, 2.45) is 0 Å². The summed E-state index contributed by atoms with van der Waals surface area (Å²) in [6, 6.07) is 12.9. The Bertz CT molecular complexity index is 842. The Hall–Kier alpha value is -3.01. The maximum atomic E-state index is 12.0. The van der Waals surface area contributed by atoms with Gasteiger partial charge in [0.1, 0.15) is 5.75 Å². The molecular formula is C18H14N2O2. The average Bonchev–Trinajstić information content (AvgIpc) is 2.59. The van der Waals surface area contributed by atoms with Crippen molar-refractivity contribution in [3.63, 3.8) is 0 Å². The van der Waals surface area contributed by atoms with E-state index in [0.717, 1.165) is 22.3 Å². The molecule has 0 unspecified atom stereocenters. The minimum atomic E-state index is -0.0703. The molecule has 4 nitrogen and oxygen atoms in total. The van der Waals surface area contributed by atoms with Gasteiger partial charge in [-0.3, -0.25) is 9.78 Å². The molecule has 3 aromatic rings. The van der Waals surface area contributed by atoms with Crippen LogP contribution in [-0.4, -0.2) is 22.9 Å². The van der Waals surface area contributed by atoms with Gasteiger partial charge >= 0.3 is 0 Å². The first-order valence-corrected chi connectivity index (χ1v) is 6.83. The number of allylic oxidation sites excluding steroid dienone is 1. The second kappa shape index (κ2) is 6.18. The second-order valence-electron chi connectivity index (χ2n) is 4.73. The number of carbonyl (C=O) groups excluding carboxylic acids is 1. The van der Waals surface area contributed by atoms with Crippen molar-refractivity contribution in [3.05, 3.63) is 72.2 Å². The molecule has 0 aliphatic heterocycles. The molecule has 0 saturated heterocycles. The highest BCUT2D eigenvalue weighted by Crippen LogP contribution is 2.19. The molecule has 0 aliphatic carbocycles. The molecule has 0 radical (unpaired) electrons. The Labute approximate surface area is 128 Å². The van der Waals surface area contributed by atoms with Gasteiger partial charge in [0.25, 0.3) is 0 Å². The van der Waals surface area contributed by atoms with Crippen LogP contribution < -0.4 is 4.74 Å². The number of fused-ring (bicyclic) bond motifs is 1. The lowest BCUT2D eigenvalue weighted by atomic mass is 10.1. The topological polar surface area (TPSA) is 52.1 Å². The fourth-order valence-electron chi connectivity index (χ4n) is 2.11. The summed E-state index contributed by atoms with van der Waals surface area (Å²) in [6.45, 7) is 0. The molecule has 2 aromatic heterocycles. The SMILES string of the molecule is COc1ccc2nc(/C=C/C(=O)c3ccncc3)ccc2c1. The van der Waals surface area contributed by atoms with E-state index in [4.69, 9.17) is 4.74 Å². The molecule has 0 spiro atoms. The molecule has 2 heterocycles. The van der Waals surface area contributed by atoms with E-state index in [1.165, 1.54) is 6.08 Å². The molecule has 22 heavy (non-hydrogen) atoms. The Morgan fingerprint density at radius 3 is 2.68 bits per heavy atom. The Morgan fingerprint density at radius 1 is 1.09 bits per heavy atom. The van der Waals surface area contributed by atoms with Crippen molar-refractivity contribution in [1.29, 1.82) is 0 Å². The van der Waals surface area contributed by atoms with Crippen LogP contribution in [0.5, 0.6) is 5.75 Å². The number of carbonyl (C=O) groups is 1. The van der Waals surface area contributed by atoms with Crippen LogP contribution in [-0.2, 0) is 0 Å². The van der Waals surface area contributed by atoms with Crippen molar-refractivity contribution < 1.29 is 9.53 Å². The zero-order chi connectivity index (χ0) is 15.4. The monoisotopic (exact) mass is 290 g/mol. The summed E-state index contributed by atoms with van der Waals surface area (Å²) in [7, 11) is 1.64. The van der Waals surface area contributed by atoms with Gasteiger partial charge in [-0.05, 0) is 48.6 Å². The predicted molar refractivity (Wildman–Crippen MR) is 85.9 cm³/mol. The number of ketones is 1. The van der Waals surface area contributed by atoms with E-state index in [0.29, 0.717) is 5.56 Å². The summed E-state index contributed by atoms with van der Waals surface area (Å²) in [5.41, 5.74) is 2.20. The standard InChI is InChI=1S/C18H14N2O2/c1-22-16-5-6-17-14(12-16)2-3-15(20-17)4-7-18(21)13-8-10-19-11-9-13/h2-12H,1H3/b7-4+. The van der Waals surface area contributed by atoms with E-state index in [2.05, 4.69) is 9.97 Å². The fourth-order valence-corrected chi connectivity index (χ4v) is 2.11. The van der Waals surface area contributed by atoms with Crippen molar-refractivity contribution in [2.75, 3.05) is 7.11 Å². The second-order valence-corrected chi connectivity index (χ2v) is 4.73. The minimum absolute atomic E-state index is 0.0703. The molecule has 0 saturated carbocycles. The predicted octanol–water partition coefficient (Wildman–Crippen LogP) is 3.53. The highest BCUT2D eigenvalue weighted by molar-refractivity contribution is 6.06. The molecule has 3 rings (SSSR count). The van der Waals surface area contributed by atoms with Crippen molar-refractivity contribution >= 4 is 22.8 Å². The van der Waals surface area contributed by atoms with Crippen molar-refractivity contribution in [3.8, 4) is 5.75 Å². The maximum Gasteiger partial charge on any atom is 0.186 e. The van der Waals surface area contributed by atoms with Crippen LogP contribution in [0.15, 0.2) is 60.9 Å². The molecule has 0 N–H and O–H groups in total. The molecule has 1 aromatic carbocycles. The number of nitrogens with zero attached hydrogens (tertiary/aromatic N) is 2. The van der Waals surface area contributed by atoms with Gasteiger partial charge in [-0.1, -0.05) is 6.07 Å². The number of rotatable bonds is 4. The molecule has 108 valence electrons. The van der Waals surface area contributed by atoms with Crippen LogP contribution in [0.25, 0.3) is 17.0 Å². The van der Waals surface area contributed by atoms with Crippen LogP contribution in [0.4, 0.5) is 0 Å². The maximum absolute atomic E-state index is 12.0. The third kappa shape index (κ3) is 3.01. The van der Waals surface area contributed by atoms with E-state index < -0.39 is 0 Å². The Morgan fingerprint density at radius 2 is 1.91 bits per heavy atom. The van der Waals surface area contributed by atoms with Gasteiger partial charge in [-0.15, -0.1) is 0 Å². The van der Waals surface area contributed by atoms with Crippen LogP contribution in [0.1, 0.15) is 16.1 Å². The first-order valence-electron chi connectivity index (χ1n) is 6.83. The lowest BCUT2D eigenvalue weighted by Gasteiger charge is -2.02. The summed E-state index contributed by atoms with van der Waals surface area (Å²) in [5.74, 6) is 0.726. The number of benzene rings is 1. The molecular weight excluding hydrogens is 276 g/mol. The summed E-state index contributed by atoms with van der Waals surface area (Å²) < 4.78 is 5.19. The largest absolute Gasteiger partial charge is 0.497 e. The third-order valence-electron chi connectivity index (χ3n) is 3.29. The highest BCUT2D eigenvalue weighted by Gasteiger charge is 2.02. The van der Waals surface area contributed by atoms with Gasteiger partial charge in [0.2, 0.25) is 0 Å². The van der Waals surface area contributed by atoms with E-state index in [-0.39, 0.29) is 5.78 Å². The lowest BCUT2D eigenvalue weighted by molar-refractivity contribution is 0.104. The number of aromatic nitrogens is 2. The van der Waals surface area contributed by atoms with Crippen molar-refractivity contribution in [2.45, 2.75) is 0 Å². The van der Waals surface area contributed by atoms with Gasteiger partial charge < -0.3 is 4.74 Å². The van der Waals surface area contributed by atoms with Crippen molar-refractivity contribution in [1.82, 2.24) is 9.97 Å². The average molecular weight is 290 g/mol. The first kappa shape index (κ1) is 13.9. The van der Waals surface area contributed by atoms with Gasteiger partial charge in [-0.2, -0.15) is 0 Å². The fraction of sp³-hybridized carbons (Fsp3) is 0.0556. The zero-order valence-electron chi connectivity index (χ0n) is 12.1. The molecule has 0 atom stereocenters. The molecule has 4 heteroatoms. The van der Waals surface area contributed by atoms with Gasteiger partial charge in [0.15, 0.2) is 5.78 Å². The molecule has 0 aliphatic rings. The van der Waals surface area contributed by atoms with E-state index in [1.807, 2.05) is 30.3 Å². The van der Waals surface area contributed by atoms with Crippen LogP contribution in [0.2, 0.25) is 0 Å². The van der Waals surface area contributed by atoms with Gasteiger partial charge in [0.05, 0.1) is 18.3 Å². The van der Waals surface area contributed by atoms with E-state index in [1.54, 1.807) is 37.7 Å². The minimum Gasteiger partial charge on any atom is -0.497 e. The Balaban J connectivity index is 1.85. The molecule has 0 fully saturated rings. The number of pyridine rings is 2. The van der Waals surface area contributed by atoms with Crippen LogP contribution >= 0.6 is 0 Å². The molecule has 0 bridgehead atoms. The van der Waals surface area contributed by atoms with Crippen LogP contribution in [0.3, 0.4) is 0 Å². The number of methoxy groups -OCH3 is 1. The molecule has 0 amide bonds. The Kier molecular flexibility index (Phi) is 3.92. The third-order valence-corrected chi connectivity index (χ3v) is 3.29. The zero-order valence-corrected chi connectivity index (χ0v) is 12.1. The quantitative estimate of drug-likeness (QED) is 0.545. The lowest BCUT2D eigenvalue weighted by Crippen LogP contribution is -1.94. The van der Waals surface area contributed by atoms with E-state index >= 15 is 0 Å². The van der Waals surface area contributed by atoms with Crippen LogP contribution in [0, 0.1) is 0 Å². The summed E-state index contributed by atoms with van der Waals surface area (Å²) in [4.78, 5) is 20.4. The van der Waals surface area contributed by atoms with Gasteiger partial charge in [-0.25, -0.2) is 4.98 Å². The van der Waals surface area contributed by atoms with Gasteiger partial charge in [0, 0.05) is 23.3 Å². The first-order chi connectivity index (χ1) is 10.8. The summed E-state index contributed by atoms with van der Waals surface area (Å²) in [5, 5.41) is 0.997. The number of ether oxygens (including phenoxy) is 1.